The number of carbonyl (C=O) groups excluding carboxylic acids is 6. The Morgan fingerprint density at radius 3 is 2.40 bits per heavy atom. The van der Waals surface area contributed by atoms with Crippen LogP contribution in [0.2, 0.25) is 0 Å². The zero-order chi connectivity index (χ0) is 70.8. The highest BCUT2D eigenvalue weighted by Crippen LogP contribution is 2.47. The van der Waals surface area contributed by atoms with Gasteiger partial charge in [-0.15, -0.1) is 5.10 Å². The van der Waals surface area contributed by atoms with Crippen molar-refractivity contribution in [3.63, 3.8) is 0 Å². The highest BCUT2D eigenvalue weighted by atomic mass is 19.1. The Morgan fingerprint density at radius 2 is 1.62 bits per heavy atom. The molecule has 5 amide bonds. The highest BCUT2D eigenvalue weighted by Gasteiger charge is 2.49. The number of ether oxygens (including phenoxy) is 6. The molecule has 4 aliphatic heterocycles. The van der Waals surface area contributed by atoms with Gasteiger partial charge in [-0.3, -0.25) is 24.0 Å². The van der Waals surface area contributed by atoms with Gasteiger partial charge in [0, 0.05) is 85.8 Å². The first-order chi connectivity index (χ1) is 48.1. The number of anilines is 1. The topological polar surface area (TPSA) is 393 Å². The normalized spacial score (nSPS) is 20.4. The first kappa shape index (κ1) is 69.8. The number of carboxylic acids is 1. The molecule has 100 heavy (non-hydrogen) atoms. The summed E-state index contributed by atoms with van der Waals surface area (Å²) in [7, 11) is 3.31. The van der Waals surface area contributed by atoms with Crippen molar-refractivity contribution >= 4 is 58.3 Å². The molecule has 12 rings (SSSR count). The molecule has 9 N–H and O–H groups in total. The van der Waals surface area contributed by atoms with Gasteiger partial charge in [-0.05, 0) is 91.1 Å². The van der Waals surface area contributed by atoms with Gasteiger partial charge in [0.15, 0.2) is 11.7 Å². The van der Waals surface area contributed by atoms with Crippen molar-refractivity contribution in [2.75, 3.05) is 38.4 Å². The number of carboxylic acid groups (broad SMARTS) is 1. The number of aliphatic hydroxyl groups is 4. The van der Waals surface area contributed by atoms with E-state index in [9.17, 15) is 63.9 Å². The number of carbonyl (C=O) groups is 7. The van der Waals surface area contributed by atoms with Crippen LogP contribution in [0, 0.1) is 12.7 Å². The third kappa shape index (κ3) is 13.7. The fraction of sp³-hybridized carbons (Fsp3) is 0.414. The largest absolute Gasteiger partial charge is 0.479 e. The summed E-state index contributed by atoms with van der Waals surface area (Å²) >= 11 is 0. The Morgan fingerprint density at radius 1 is 0.850 bits per heavy atom. The zero-order valence-corrected chi connectivity index (χ0v) is 55.1. The molecule has 1 fully saturated rings. The van der Waals surface area contributed by atoms with Crippen LogP contribution in [-0.2, 0) is 104 Å². The minimum absolute atomic E-state index is 0.0169. The molecule has 0 radical (unpaired) electrons. The third-order valence-electron chi connectivity index (χ3n) is 19.0. The number of para-hydroxylation sites is 1. The fourth-order valence-corrected chi connectivity index (χ4v) is 13.6. The molecule has 1 saturated heterocycles. The summed E-state index contributed by atoms with van der Waals surface area (Å²) in [6.45, 7) is 2.29. The molecule has 5 aliphatic rings. The van der Waals surface area contributed by atoms with Gasteiger partial charge in [-0.25, -0.2) is 28.4 Å². The molecule has 0 saturated carbocycles. The van der Waals surface area contributed by atoms with E-state index >= 15 is 4.39 Å². The standard InChI is InChI=1S/C70H75FN10O19/c1-5-70(94)44-27-50-57-42(32-81(50)65(89)43(44)34-97-68(70)92)56-46(20-19-39-35(2)45(71)28-47(75-57)55(39)56)76-69(93)98-33-36-18-21-51(99-67-62(87)60(85)61(86)63(100-67)66(90)91)38(26-36)29-73-64(88)48(30-72-52(82)22-23-96-25-24-95-4)74-53(83)16-10-11-17-54(84)80-31-37-12-6-7-13-40(37)59-58(77-78-79(59)3)41-14-8-9-15-49(41)80/h6-9,12-15,18,21,26-28,46,48,60-63,67,85-87,94H,5,10-11,16-17,19-20,22-25,29-34H2,1-4H3,(H,72,82)(H,73,88)(H,74,83)(H,76,93)(H,90,91). The van der Waals surface area contributed by atoms with Crippen LogP contribution in [0.3, 0.4) is 0 Å². The van der Waals surface area contributed by atoms with E-state index in [1.165, 1.54) is 42.0 Å². The number of aliphatic carboxylic acids is 1. The van der Waals surface area contributed by atoms with E-state index in [0.717, 1.165) is 22.4 Å². The van der Waals surface area contributed by atoms with E-state index in [1.54, 1.807) is 23.4 Å². The highest BCUT2D eigenvalue weighted by molar-refractivity contribution is 6.00. The number of esters is 1. The Hall–Kier alpha value is -10.1. The van der Waals surface area contributed by atoms with E-state index in [4.69, 9.17) is 33.4 Å². The summed E-state index contributed by atoms with van der Waals surface area (Å²) in [5.41, 5.74) is 5.39. The van der Waals surface area contributed by atoms with E-state index < -0.39 is 115 Å². The third-order valence-corrected chi connectivity index (χ3v) is 19.0. The lowest BCUT2D eigenvalue weighted by molar-refractivity contribution is -0.271. The minimum Gasteiger partial charge on any atom is -0.479 e. The predicted octanol–water partition coefficient (Wildman–Crippen LogP) is 3.55. The van der Waals surface area contributed by atoms with Gasteiger partial charge in [0.2, 0.25) is 29.9 Å². The average molecular weight is 1380 g/mol. The Kier molecular flexibility index (Phi) is 20.5. The van der Waals surface area contributed by atoms with Gasteiger partial charge >= 0.3 is 18.0 Å². The summed E-state index contributed by atoms with van der Waals surface area (Å²) in [6, 6.07) is 19.9. The molecule has 8 atom stereocenters. The number of amides is 5. The van der Waals surface area contributed by atoms with Crippen molar-refractivity contribution in [3.8, 4) is 39.7 Å². The molecule has 0 spiro atoms. The fourth-order valence-electron chi connectivity index (χ4n) is 13.6. The number of hydrogen-bond donors (Lipinski definition) is 9. The maximum Gasteiger partial charge on any atom is 0.407 e. The number of halogens is 1. The quantitative estimate of drug-likeness (QED) is 0.0308. The monoisotopic (exact) mass is 1380 g/mol. The van der Waals surface area contributed by atoms with Gasteiger partial charge < -0.3 is 84.7 Å². The van der Waals surface area contributed by atoms with E-state index in [-0.39, 0.29) is 135 Å². The molecule has 526 valence electrons. The van der Waals surface area contributed by atoms with Crippen LogP contribution in [0.4, 0.5) is 14.9 Å². The summed E-state index contributed by atoms with van der Waals surface area (Å²) < 4.78 is 51.8. The second kappa shape index (κ2) is 29.4. The van der Waals surface area contributed by atoms with Crippen LogP contribution in [0.15, 0.2) is 83.7 Å². The number of pyridine rings is 2. The van der Waals surface area contributed by atoms with Gasteiger partial charge in [-0.2, -0.15) is 0 Å². The summed E-state index contributed by atoms with van der Waals surface area (Å²) in [5.74, 6) is -5.41. The first-order valence-corrected chi connectivity index (χ1v) is 32.8. The number of hydrogen-bond acceptors (Lipinski definition) is 21. The number of fused-ring (bicyclic) bond motifs is 10. The van der Waals surface area contributed by atoms with Crippen molar-refractivity contribution in [3.05, 3.63) is 145 Å². The van der Waals surface area contributed by atoms with Crippen molar-refractivity contribution < 1.29 is 91.9 Å². The smallest absolute Gasteiger partial charge is 0.407 e. The molecule has 7 heterocycles. The van der Waals surface area contributed by atoms with Gasteiger partial charge in [0.05, 0.1) is 72.8 Å². The van der Waals surface area contributed by atoms with Crippen molar-refractivity contribution in [1.29, 1.82) is 0 Å². The van der Waals surface area contributed by atoms with Gasteiger partial charge in [0.25, 0.3) is 5.56 Å². The number of nitrogens with zero attached hydrogens (tertiary/aromatic N) is 6. The lowest BCUT2D eigenvalue weighted by Gasteiger charge is -2.38. The van der Waals surface area contributed by atoms with E-state index in [0.29, 0.717) is 45.4 Å². The van der Waals surface area contributed by atoms with Gasteiger partial charge in [-0.1, -0.05) is 60.7 Å². The van der Waals surface area contributed by atoms with Crippen LogP contribution in [0.5, 0.6) is 5.75 Å². The molecule has 30 heteroatoms. The van der Waals surface area contributed by atoms with Crippen molar-refractivity contribution in [2.24, 2.45) is 7.05 Å². The van der Waals surface area contributed by atoms with E-state index in [2.05, 4.69) is 31.6 Å². The second-order valence-corrected chi connectivity index (χ2v) is 25.2. The first-order valence-electron chi connectivity index (χ1n) is 32.8. The number of aliphatic hydroxyl groups excluding tert-OH is 3. The second-order valence-electron chi connectivity index (χ2n) is 25.2. The van der Waals surface area contributed by atoms with Crippen molar-refractivity contribution in [1.82, 2.24) is 45.8 Å². The number of cyclic esters (lactones) is 1. The predicted molar refractivity (Wildman–Crippen MR) is 351 cm³/mol. The van der Waals surface area contributed by atoms with Crippen LogP contribution in [-0.4, -0.2) is 162 Å². The molecule has 7 aromatic rings. The number of alkyl carbamates (subject to hydrolysis) is 1. The number of nitrogens with one attached hydrogen (secondary N) is 4. The van der Waals surface area contributed by atoms with Crippen molar-refractivity contribution in [2.45, 2.75) is 146 Å². The maximum absolute atomic E-state index is 15.7. The number of rotatable bonds is 24. The van der Waals surface area contributed by atoms with Crippen LogP contribution < -0.4 is 36.5 Å². The lowest BCUT2D eigenvalue weighted by atomic mass is 9.81. The Bertz CT molecular complexity index is 4470. The summed E-state index contributed by atoms with van der Waals surface area (Å²) in [6.07, 6.45) is -10.2. The molecule has 8 unspecified atom stereocenters. The molecular weight excluding hydrogens is 1300 g/mol. The van der Waals surface area contributed by atoms with Gasteiger partial charge in [0.1, 0.15) is 54.8 Å². The number of aromatic nitrogens is 5. The number of aryl methyl sites for hydroxylation is 2. The lowest BCUT2D eigenvalue weighted by Crippen LogP contribution is -2.61. The van der Waals surface area contributed by atoms with Crippen LogP contribution in [0.25, 0.3) is 44.8 Å². The Balaban J connectivity index is 0.759. The molecule has 0 bridgehead atoms. The molecule has 3 aromatic heterocycles. The average Bonchev–Trinajstić information content (AvgIpc) is 1.47. The van der Waals surface area contributed by atoms with Crippen LogP contribution in [0.1, 0.15) is 108 Å². The molecule has 1 aliphatic carbocycles. The summed E-state index contributed by atoms with van der Waals surface area (Å²) in [5, 5.41) is 73.9. The SMILES string of the molecule is CCC1(O)C(=O)OCc2c1cc1n(c2=O)Cc2c-1nc1cc(F)c(C)c3c1c2C(NC(=O)OCc1ccc(OC2OC(C(=O)O)C(O)C(O)C2O)c(CNC(=O)C(CNC(=O)CCOCCOC)NC(=O)CCCCC(=O)N2Cc4ccccc4-c4c(nnn4C)-c4ccccc42)c1)CC3. The minimum atomic E-state index is -2.12. The molecule has 29 nitrogen and oxygen atoms in total. The summed E-state index contributed by atoms with van der Waals surface area (Å²) in [4.78, 5) is 116. The van der Waals surface area contributed by atoms with E-state index in [1.807, 2.05) is 55.6 Å². The Labute approximate surface area is 570 Å². The number of methoxy groups -OCH3 is 1. The molecular formula is C70H75FN10O19. The van der Waals surface area contributed by atoms with Crippen LogP contribution >= 0.6 is 0 Å². The number of benzene rings is 4. The zero-order valence-electron chi connectivity index (χ0n) is 55.1. The molecule has 4 aromatic carbocycles. The maximum atomic E-state index is 15.7. The number of unbranched alkanes of at least 4 members (excludes halogenated alkanes) is 1.